The van der Waals surface area contributed by atoms with Crippen LogP contribution in [0.4, 0.5) is 15.3 Å². The van der Waals surface area contributed by atoms with Crippen molar-refractivity contribution in [2.24, 2.45) is 5.73 Å². The molecule has 0 radical (unpaired) electrons. The Kier molecular flexibility index (Phi) is 5.60. The molecule has 7 heteroatoms. The number of nitrogens with one attached hydrogen (secondary N) is 3. The van der Waals surface area contributed by atoms with Gasteiger partial charge in [-0.2, -0.15) is 0 Å². The van der Waals surface area contributed by atoms with Gasteiger partial charge in [0.05, 0.1) is 12.1 Å². The zero-order valence-electron chi connectivity index (χ0n) is 12.6. The highest BCUT2D eigenvalue weighted by Crippen LogP contribution is 2.16. The molecule has 1 aromatic carbocycles. The van der Waals surface area contributed by atoms with E-state index in [4.69, 9.17) is 10.5 Å². The van der Waals surface area contributed by atoms with Crippen molar-refractivity contribution in [3.63, 3.8) is 0 Å². The molecule has 0 spiro atoms. The predicted molar refractivity (Wildman–Crippen MR) is 83.6 cm³/mol. The molecule has 1 aliphatic heterocycles. The molecule has 0 bridgehead atoms. The maximum atomic E-state index is 11.8. The van der Waals surface area contributed by atoms with E-state index in [9.17, 15) is 9.59 Å². The second kappa shape index (κ2) is 7.65. The SMILES string of the molecule is C[C@@H](NC(=O)NC[C@H]1CCCO1)c1ccc(NC(N)=O)cc1. The van der Waals surface area contributed by atoms with Gasteiger partial charge in [0.15, 0.2) is 0 Å². The van der Waals surface area contributed by atoms with Gasteiger partial charge in [0.1, 0.15) is 0 Å². The number of ether oxygens (including phenoxy) is 1. The van der Waals surface area contributed by atoms with Crippen molar-refractivity contribution in [1.82, 2.24) is 10.6 Å². The largest absolute Gasteiger partial charge is 0.376 e. The van der Waals surface area contributed by atoms with Crippen LogP contribution in [0.5, 0.6) is 0 Å². The van der Waals surface area contributed by atoms with E-state index in [1.807, 2.05) is 19.1 Å². The van der Waals surface area contributed by atoms with Crippen molar-refractivity contribution in [2.75, 3.05) is 18.5 Å². The zero-order valence-corrected chi connectivity index (χ0v) is 12.6. The summed E-state index contributed by atoms with van der Waals surface area (Å²) < 4.78 is 5.45. The topological polar surface area (TPSA) is 105 Å². The van der Waals surface area contributed by atoms with Crippen LogP contribution in [0.1, 0.15) is 31.4 Å². The zero-order chi connectivity index (χ0) is 15.9. The van der Waals surface area contributed by atoms with E-state index in [-0.39, 0.29) is 18.2 Å². The quantitative estimate of drug-likeness (QED) is 0.665. The Bertz CT molecular complexity index is 512. The standard InChI is InChI=1S/C15H22N4O3/c1-10(11-4-6-12(7-5-11)19-14(16)20)18-15(21)17-9-13-3-2-8-22-13/h4-7,10,13H,2-3,8-9H2,1H3,(H3,16,19,20)(H2,17,18,21)/t10-,13-/m1/s1. The maximum absolute atomic E-state index is 11.8. The lowest BCUT2D eigenvalue weighted by atomic mass is 10.1. The monoisotopic (exact) mass is 306 g/mol. The highest BCUT2D eigenvalue weighted by molar-refractivity contribution is 5.87. The lowest BCUT2D eigenvalue weighted by Crippen LogP contribution is -2.40. The highest BCUT2D eigenvalue weighted by atomic mass is 16.5. The molecule has 0 saturated carbocycles. The molecule has 1 saturated heterocycles. The van der Waals surface area contributed by atoms with Crippen molar-refractivity contribution in [3.8, 4) is 0 Å². The van der Waals surface area contributed by atoms with Gasteiger partial charge in [-0.1, -0.05) is 12.1 Å². The first-order valence-electron chi connectivity index (χ1n) is 7.37. The number of rotatable bonds is 5. The van der Waals surface area contributed by atoms with Crippen LogP contribution < -0.4 is 21.7 Å². The molecular formula is C15H22N4O3. The molecule has 1 fully saturated rings. The van der Waals surface area contributed by atoms with Gasteiger partial charge in [-0.3, -0.25) is 0 Å². The molecule has 5 N–H and O–H groups in total. The smallest absolute Gasteiger partial charge is 0.316 e. The average molecular weight is 306 g/mol. The number of benzene rings is 1. The summed E-state index contributed by atoms with van der Waals surface area (Å²) in [6, 6.07) is 6.17. The number of carbonyl (C=O) groups is 2. The van der Waals surface area contributed by atoms with E-state index in [0.717, 1.165) is 25.0 Å². The van der Waals surface area contributed by atoms with E-state index in [0.29, 0.717) is 12.2 Å². The molecule has 2 atom stereocenters. The Hall–Kier alpha value is -2.28. The normalized spacial score (nSPS) is 18.5. The van der Waals surface area contributed by atoms with Gasteiger partial charge in [0.2, 0.25) is 0 Å². The minimum absolute atomic E-state index is 0.125. The molecular weight excluding hydrogens is 284 g/mol. The van der Waals surface area contributed by atoms with Gasteiger partial charge in [0.25, 0.3) is 0 Å². The van der Waals surface area contributed by atoms with Gasteiger partial charge in [-0.15, -0.1) is 0 Å². The van der Waals surface area contributed by atoms with E-state index in [1.165, 1.54) is 0 Å². The van der Waals surface area contributed by atoms with Crippen LogP contribution in [0.15, 0.2) is 24.3 Å². The molecule has 2 rings (SSSR count). The first-order chi connectivity index (χ1) is 10.5. The van der Waals surface area contributed by atoms with Crippen LogP contribution in [0, 0.1) is 0 Å². The summed E-state index contributed by atoms with van der Waals surface area (Å²) in [7, 11) is 0. The summed E-state index contributed by atoms with van der Waals surface area (Å²) in [5.41, 5.74) is 6.60. The molecule has 0 aliphatic carbocycles. The van der Waals surface area contributed by atoms with Crippen molar-refractivity contribution >= 4 is 17.7 Å². The summed E-state index contributed by atoms with van der Waals surface area (Å²) in [4.78, 5) is 22.6. The summed E-state index contributed by atoms with van der Waals surface area (Å²) in [5.74, 6) is 0. The summed E-state index contributed by atoms with van der Waals surface area (Å²) in [5, 5.41) is 8.17. The number of carbonyl (C=O) groups excluding carboxylic acids is 2. The van der Waals surface area contributed by atoms with Gasteiger partial charge in [0, 0.05) is 18.8 Å². The molecule has 1 heterocycles. The molecule has 22 heavy (non-hydrogen) atoms. The average Bonchev–Trinajstić information content (AvgIpc) is 2.98. The molecule has 1 aromatic rings. The highest BCUT2D eigenvalue weighted by Gasteiger charge is 2.16. The molecule has 1 aliphatic rings. The Morgan fingerprint density at radius 1 is 1.36 bits per heavy atom. The van der Waals surface area contributed by atoms with Crippen LogP contribution in [-0.4, -0.2) is 31.3 Å². The Morgan fingerprint density at radius 3 is 2.68 bits per heavy atom. The second-order valence-electron chi connectivity index (χ2n) is 5.32. The van der Waals surface area contributed by atoms with E-state index in [2.05, 4.69) is 16.0 Å². The third-order valence-corrected chi connectivity index (χ3v) is 3.54. The summed E-state index contributed by atoms with van der Waals surface area (Å²) in [6.07, 6.45) is 2.17. The Morgan fingerprint density at radius 2 is 2.09 bits per heavy atom. The van der Waals surface area contributed by atoms with Crippen LogP contribution in [-0.2, 0) is 4.74 Å². The van der Waals surface area contributed by atoms with Crippen molar-refractivity contribution in [1.29, 1.82) is 0 Å². The predicted octanol–water partition coefficient (Wildman–Crippen LogP) is 1.72. The van der Waals surface area contributed by atoms with Crippen molar-refractivity contribution in [2.45, 2.75) is 31.9 Å². The molecule has 0 unspecified atom stereocenters. The van der Waals surface area contributed by atoms with Crippen LogP contribution >= 0.6 is 0 Å². The van der Waals surface area contributed by atoms with Crippen LogP contribution in [0.25, 0.3) is 0 Å². The van der Waals surface area contributed by atoms with E-state index >= 15 is 0 Å². The molecule has 4 amide bonds. The number of hydrogen-bond donors (Lipinski definition) is 4. The number of amides is 4. The summed E-state index contributed by atoms with van der Waals surface area (Å²) in [6.45, 7) is 3.19. The van der Waals surface area contributed by atoms with Gasteiger partial charge >= 0.3 is 12.1 Å². The minimum atomic E-state index is -0.604. The molecule has 0 aromatic heterocycles. The van der Waals surface area contributed by atoms with Gasteiger partial charge < -0.3 is 26.4 Å². The fourth-order valence-electron chi connectivity index (χ4n) is 2.34. The number of hydrogen-bond acceptors (Lipinski definition) is 3. The third kappa shape index (κ3) is 4.92. The minimum Gasteiger partial charge on any atom is -0.376 e. The third-order valence-electron chi connectivity index (χ3n) is 3.54. The molecule has 120 valence electrons. The maximum Gasteiger partial charge on any atom is 0.316 e. The second-order valence-corrected chi connectivity index (χ2v) is 5.32. The fourth-order valence-corrected chi connectivity index (χ4v) is 2.34. The number of urea groups is 2. The first kappa shape index (κ1) is 16.1. The Balaban J connectivity index is 1.78. The van der Waals surface area contributed by atoms with Crippen molar-refractivity contribution < 1.29 is 14.3 Å². The summed E-state index contributed by atoms with van der Waals surface area (Å²) >= 11 is 0. The van der Waals surface area contributed by atoms with E-state index < -0.39 is 6.03 Å². The van der Waals surface area contributed by atoms with Gasteiger partial charge in [-0.25, -0.2) is 9.59 Å². The lowest BCUT2D eigenvalue weighted by molar-refractivity contribution is 0.111. The van der Waals surface area contributed by atoms with Crippen LogP contribution in [0.3, 0.4) is 0 Å². The first-order valence-corrected chi connectivity index (χ1v) is 7.37. The molecule has 7 nitrogen and oxygen atoms in total. The fraction of sp³-hybridized carbons (Fsp3) is 0.467. The number of primary amides is 1. The van der Waals surface area contributed by atoms with Crippen LogP contribution in [0.2, 0.25) is 0 Å². The lowest BCUT2D eigenvalue weighted by Gasteiger charge is -2.17. The van der Waals surface area contributed by atoms with Gasteiger partial charge in [-0.05, 0) is 37.5 Å². The Labute approximate surface area is 129 Å². The van der Waals surface area contributed by atoms with E-state index in [1.54, 1.807) is 12.1 Å². The number of anilines is 1. The van der Waals surface area contributed by atoms with Crippen molar-refractivity contribution in [3.05, 3.63) is 29.8 Å². The number of nitrogens with two attached hydrogens (primary N) is 1.